The Labute approximate surface area is 156 Å². The molecule has 0 fully saturated rings. The maximum absolute atomic E-state index is 13.2. The number of amides is 1. The van der Waals surface area contributed by atoms with Crippen LogP contribution in [0.1, 0.15) is 45.5 Å². The van der Waals surface area contributed by atoms with Gasteiger partial charge in [0.2, 0.25) is 0 Å². The van der Waals surface area contributed by atoms with Crippen molar-refractivity contribution in [3.8, 4) is 11.3 Å². The van der Waals surface area contributed by atoms with E-state index in [2.05, 4.69) is 16.7 Å². The van der Waals surface area contributed by atoms with Crippen molar-refractivity contribution < 1.29 is 18.7 Å². The third-order valence-electron chi connectivity index (χ3n) is 4.03. The number of hydrogen-bond donors (Lipinski definition) is 2. The first-order valence-corrected chi connectivity index (χ1v) is 8.28. The molecule has 0 aromatic carbocycles. The summed E-state index contributed by atoms with van der Waals surface area (Å²) in [6.07, 6.45) is 3.38. The molecular formula is C18H23F2N5O2. The van der Waals surface area contributed by atoms with Crippen LogP contribution in [0, 0.1) is 0 Å². The summed E-state index contributed by atoms with van der Waals surface area (Å²) in [4.78, 5) is 17.4. The van der Waals surface area contributed by atoms with Crippen molar-refractivity contribution in [1.82, 2.24) is 19.7 Å². The van der Waals surface area contributed by atoms with Crippen LogP contribution < -0.4 is 5.73 Å². The SMILES string of the molecule is C=CCC(c1cc(-c2c(N)cnn2C(F)F)ccn1)N(C(=O)O)C(C)(C)C. The minimum atomic E-state index is -2.86. The summed E-state index contributed by atoms with van der Waals surface area (Å²) in [5, 5.41) is 13.3. The first kappa shape index (κ1) is 20.3. The number of nitrogen functional groups attached to an aromatic ring is 1. The summed E-state index contributed by atoms with van der Waals surface area (Å²) in [5.41, 5.74) is 6.05. The zero-order valence-electron chi connectivity index (χ0n) is 15.4. The predicted octanol–water partition coefficient (Wildman–Crippen LogP) is 4.32. The van der Waals surface area contributed by atoms with Crippen LogP contribution in [0.15, 0.2) is 37.2 Å². The summed E-state index contributed by atoms with van der Waals surface area (Å²) in [5.74, 6) is 0. The number of hydrogen-bond acceptors (Lipinski definition) is 4. The van der Waals surface area contributed by atoms with Crippen molar-refractivity contribution >= 4 is 11.8 Å². The lowest BCUT2D eigenvalue weighted by molar-refractivity contribution is 0.0585. The Morgan fingerprint density at radius 1 is 1.48 bits per heavy atom. The molecule has 146 valence electrons. The molecule has 7 nitrogen and oxygen atoms in total. The number of nitrogens with two attached hydrogens (primary N) is 1. The second-order valence-electron chi connectivity index (χ2n) is 7.00. The molecule has 0 saturated heterocycles. The van der Waals surface area contributed by atoms with Crippen LogP contribution in [0.25, 0.3) is 11.3 Å². The van der Waals surface area contributed by atoms with Crippen LogP contribution in [0.5, 0.6) is 0 Å². The van der Waals surface area contributed by atoms with Crippen molar-refractivity contribution in [3.05, 3.63) is 42.9 Å². The Hall–Kier alpha value is -2.97. The van der Waals surface area contributed by atoms with E-state index < -0.39 is 24.2 Å². The summed E-state index contributed by atoms with van der Waals surface area (Å²) in [7, 11) is 0. The molecule has 0 aliphatic heterocycles. The fraction of sp³-hybridized carbons (Fsp3) is 0.389. The van der Waals surface area contributed by atoms with Gasteiger partial charge in [0, 0.05) is 17.3 Å². The second kappa shape index (κ2) is 7.73. The number of carboxylic acid groups (broad SMARTS) is 1. The topological polar surface area (TPSA) is 97.3 Å². The van der Waals surface area contributed by atoms with Crippen molar-refractivity contribution in [3.63, 3.8) is 0 Å². The molecule has 0 radical (unpaired) electrons. The monoisotopic (exact) mass is 379 g/mol. The van der Waals surface area contributed by atoms with Gasteiger partial charge in [-0.1, -0.05) is 6.08 Å². The number of nitrogens with zero attached hydrogens (tertiary/aromatic N) is 4. The highest BCUT2D eigenvalue weighted by Gasteiger charge is 2.34. The van der Waals surface area contributed by atoms with E-state index in [1.165, 1.54) is 17.2 Å². The van der Waals surface area contributed by atoms with E-state index in [0.29, 0.717) is 22.4 Å². The van der Waals surface area contributed by atoms with Crippen molar-refractivity contribution in [1.29, 1.82) is 0 Å². The molecule has 0 spiro atoms. The molecule has 1 atom stereocenters. The van der Waals surface area contributed by atoms with E-state index in [-0.39, 0.29) is 11.4 Å². The smallest absolute Gasteiger partial charge is 0.408 e. The zero-order valence-corrected chi connectivity index (χ0v) is 15.4. The van der Waals surface area contributed by atoms with Gasteiger partial charge in [0.15, 0.2) is 0 Å². The van der Waals surface area contributed by atoms with E-state index in [9.17, 15) is 18.7 Å². The average molecular weight is 379 g/mol. The lowest BCUT2D eigenvalue weighted by Crippen LogP contribution is -2.47. The molecule has 9 heteroatoms. The first-order chi connectivity index (χ1) is 12.6. The van der Waals surface area contributed by atoms with E-state index in [0.717, 1.165) is 6.20 Å². The molecule has 27 heavy (non-hydrogen) atoms. The van der Waals surface area contributed by atoms with Crippen molar-refractivity contribution in [2.45, 2.75) is 45.3 Å². The number of rotatable bonds is 6. The number of anilines is 1. The molecule has 2 heterocycles. The van der Waals surface area contributed by atoms with E-state index >= 15 is 0 Å². The Bertz CT molecular complexity index is 829. The average Bonchev–Trinajstić information content (AvgIpc) is 2.95. The van der Waals surface area contributed by atoms with E-state index in [1.807, 2.05) is 0 Å². The number of carbonyl (C=O) groups is 1. The Balaban J connectivity index is 2.58. The third-order valence-corrected chi connectivity index (χ3v) is 4.03. The van der Waals surface area contributed by atoms with Crippen LogP contribution in [0.2, 0.25) is 0 Å². The molecule has 3 N–H and O–H groups in total. The van der Waals surface area contributed by atoms with Gasteiger partial charge >= 0.3 is 12.6 Å². The maximum Gasteiger partial charge on any atom is 0.408 e. The van der Waals surface area contributed by atoms with Gasteiger partial charge in [0.1, 0.15) is 0 Å². The summed E-state index contributed by atoms with van der Waals surface area (Å²) in [6.45, 7) is 6.14. The third kappa shape index (κ3) is 4.24. The van der Waals surface area contributed by atoms with Crippen LogP contribution >= 0.6 is 0 Å². The lowest BCUT2D eigenvalue weighted by atomic mass is 9.98. The standard InChI is InChI=1S/C18H23F2N5O2/c1-5-6-14(24(17(26)27)18(2,3)4)13-9-11(7-8-22-13)15-12(21)10-23-25(15)16(19)20/h5,7-10,14,16H,1,6,21H2,2-4H3,(H,26,27). The van der Waals surface area contributed by atoms with Gasteiger partial charge in [-0.15, -0.1) is 6.58 Å². The van der Waals surface area contributed by atoms with Gasteiger partial charge in [0.25, 0.3) is 0 Å². The molecule has 0 aliphatic rings. The summed E-state index contributed by atoms with van der Waals surface area (Å²) < 4.78 is 27.0. The molecule has 2 rings (SSSR count). The van der Waals surface area contributed by atoms with Gasteiger partial charge in [-0.3, -0.25) is 9.88 Å². The molecule has 1 amide bonds. The highest BCUT2D eigenvalue weighted by Crippen LogP contribution is 2.34. The van der Waals surface area contributed by atoms with Crippen molar-refractivity contribution in [2.24, 2.45) is 0 Å². The highest BCUT2D eigenvalue weighted by atomic mass is 19.3. The van der Waals surface area contributed by atoms with Crippen molar-refractivity contribution in [2.75, 3.05) is 5.73 Å². The summed E-state index contributed by atoms with van der Waals surface area (Å²) in [6, 6.07) is 2.45. The molecule has 0 aliphatic carbocycles. The number of halogens is 2. The second-order valence-corrected chi connectivity index (χ2v) is 7.00. The van der Waals surface area contributed by atoms with Crippen LogP contribution in [-0.4, -0.2) is 36.4 Å². The van der Waals surface area contributed by atoms with Gasteiger partial charge in [-0.25, -0.2) is 9.48 Å². The van der Waals surface area contributed by atoms with Crippen LogP contribution in [0.4, 0.5) is 19.3 Å². The molecule has 0 bridgehead atoms. The molecule has 2 aromatic heterocycles. The van der Waals surface area contributed by atoms with Gasteiger partial charge in [-0.2, -0.15) is 13.9 Å². The maximum atomic E-state index is 13.2. The van der Waals surface area contributed by atoms with Gasteiger partial charge < -0.3 is 10.8 Å². The Kier molecular flexibility index (Phi) is 5.82. The largest absolute Gasteiger partial charge is 0.465 e. The predicted molar refractivity (Wildman–Crippen MR) is 98.3 cm³/mol. The normalized spacial score (nSPS) is 12.8. The fourth-order valence-electron chi connectivity index (χ4n) is 3.00. The zero-order chi connectivity index (χ0) is 20.4. The number of pyridine rings is 1. The molecule has 0 saturated carbocycles. The summed E-state index contributed by atoms with van der Waals surface area (Å²) >= 11 is 0. The Morgan fingerprint density at radius 2 is 2.15 bits per heavy atom. The molecular weight excluding hydrogens is 356 g/mol. The van der Waals surface area contributed by atoms with Gasteiger partial charge in [0.05, 0.1) is 29.3 Å². The lowest BCUT2D eigenvalue weighted by Gasteiger charge is -2.39. The minimum Gasteiger partial charge on any atom is -0.465 e. The van der Waals surface area contributed by atoms with Gasteiger partial charge in [-0.05, 0) is 39.3 Å². The van der Waals surface area contributed by atoms with E-state index in [4.69, 9.17) is 5.73 Å². The molecule has 2 aromatic rings. The number of aromatic nitrogens is 3. The van der Waals surface area contributed by atoms with Crippen LogP contribution in [0.3, 0.4) is 0 Å². The van der Waals surface area contributed by atoms with Crippen LogP contribution in [-0.2, 0) is 0 Å². The Morgan fingerprint density at radius 3 is 2.67 bits per heavy atom. The minimum absolute atomic E-state index is 0.0589. The molecule has 1 unspecified atom stereocenters. The van der Waals surface area contributed by atoms with E-state index in [1.54, 1.807) is 32.9 Å². The fourth-order valence-corrected chi connectivity index (χ4v) is 3.00. The highest BCUT2D eigenvalue weighted by molar-refractivity contribution is 5.73. The first-order valence-electron chi connectivity index (χ1n) is 8.28. The number of alkyl halides is 2. The quantitative estimate of drug-likeness (QED) is 0.729.